The van der Waals surface area contributed by atoms with Crippen LogP contribution in [0, 0.1) is 0 Å². The van der Waals surface area contributed by atoms with Gasteiger partial charge in [-0.2, -0.15) is 0 Å². The largest absolute Gasteiger partial charge is 0.114 e. The Labute approximate surface area is 196 Å². The van der Waals surface area contributed by atoms with Crippen molar-refractivity contribution in [2.45, 2.75) is 5.66 Å². The average Bonchev–Trinajstić information content (AvgIpc) is 2.82. The highest BCUT2D eigenvalue weighted by molar-refractivity contribution is 8.93. The summed E-state index contributed by atoms with van der Waals surface area (Å²) in [7, 11) is -0.554. The monoisotopic (exact) mass is 482 g/mol. The zero-order valence-corrected chi connectivity index (χ0v) is 19.7. The van der Waals surface area contributed by atoms with Gasteiger partial charge >= 0.3 is 0 Å². The smallest absolute Gasteiger partial charge is 0.0305 e. The van der Waals surface area contributed by atoms with Gasteiger partial charge < -0.3 is 0 Å². The van der Waals surface area contributed by atoms with Gasteiger partial charge in [0.15, 0.2) is 0 Å². The Morgan fingerprint density at radius 2 is 1.23 bits per heavy atom. The van der Waals surface area contributed by atoms with E-state index >= 15 is 0 Å². The standard InChI is InChI=1S/C29H23P.BrH/c1-3-16-26(17-4-1)30(27-18-5-2-6-19-27)29-21-10-8-13-25(29)22-24-15-11-14-23-12-7-9-20-28(23)24;/h1-22,29H;1H. The lowest BCUT2D eigenvalue weighted by molar-refractivity contribution is 1.29. The van der Waals surface area contributed by atoms with Crippen LogP contribution in [0.2, 0.25) is 0 Å². The lowest BCUT2D eigenvalue weighted by atomic mass is 9.99. The molecule has 0 aliphatic heterocycles. The minimum absolute atomic E-state index is 0. The highest BCUT2D eigenvalue weighted by Gasteiger charge is 2.25. The van der Waals surface area contributed by atoms with Crippen molar-refractivity contribution in [3.63, 3.8) is 0 Å². The molecule has 1 atom stereocenters. The Bertz CT molecular complexity index is 1190. The third-order valence-electron chi connectivity index (χ3n) is 5.53. The average molecular weight is 483 g/mol. The van der Waals surface area contributed by atoms with Crippen molar-refractivity contribution in [2.75, 3.05) is 0 Å². The first-order valence-electron chi connectivity index (χ1n) is 10.3. The highest BCUT2D eigenvalue weighted by Crippen LogP contribution is 2.45. The molecule has 4 aromatic rings. The highest BCUT2D eigenvalue weighted by atomic mass is 79.9. The Balaban J connectivity index is 0.00000231. The minimum atomic E-state index is -0.554. The summed E-state index contributed by atoms with van der Waals surface area (Å²) in [6, 6.07) is 37.2. The van der Waals surface area contributed by atoms with E-state index < -0.39 is 7.92 Å². The van der Waals surface area contributed by atoms with Crippen molar-refractivity contribution >= 4 is 52.4 Å². The zero-order chi connectivity index (χ0) is 20.2. The van der Waals surface area contributed by atoms with Gasteiger partial charge in [-0.15, -0.1) is 17.0 Å². The van der Waals surface area contributed by atoms with Crippen LogP contribution in [0.4, 0.5) is 0 Å². The molecule has 0 N–H and O–H groups in total. The molecule has 0 radical (unpaired) electrons. The second-order valence-electron chi connectivity index (χ2n) is 7.44. The van der Waals surface area contributed by atoms with Gasteiger partial charge in [0.25, 0.3) is 0 Å². The molecule has 0 amide bonds. The molecule has 1 aliphatic rings. The van der Waals surface area contributed by atoms with Crippen LogP contribution in [0.3, 0.4) is 0 Å². The summed E-state index contributed by atoms with van der Waals surface area (Å²) < 4.78 is 0. The predicted molar refractivity (Wildman–Crippen MR) is 143 cm³/mol. The van der Waals surface area contributed by atoms with Crippen LogP contribution in [0.5, 0.6) is 0 Å². The van der Waals surface area contributed by atoms with Crippen LogP contribution in [0.15, 0.2) is 133 Å². The lowest BCUT2D eigenvalue weighted by Gasteiger charge is -2.29. The van der Waals surface area contributed by atoms with Gasteiger partial charge in [-0.3, -0.25) is 0 Å². The van der Waals surface area contributed by atoms with Crippen LogP contribution in [0.1, 0.15) is 5.56 Å². The topological polar surface area (TPSA) is 0 Å². The van der Waals surface area contributed by atoms with E-state index in [1.54, 1.807) is 0 Å². The molecular weight excluding hydrogens is 459 g/mol. The predicted octanol–water partition coefficient (Wildman–Crippen LogP) is 7.43. The second-order valence-corrected chi connectivity index (χ2v) is 9.77. The molecule has 0 spiro atoms. The van der Waals surface area contributed by atoms with E-state index in [0.29, 0.717) is 5.66 Å². The summed E-state index contributed by atoms with van der Waals surface area (Å²) in [6.07, 6.45) is 11.4. The fourth-order valence-corrected chi connectivity index (χ4v) is 6.78. The van der Waals surface area contributed by atoms with Gasteiger partial charge in [0.2, 0.25) is 0 Å². The third-order valence-corrected chi connectivity index (χ3v) is 8.26. The van der Waals surface area contributed by atoms with Gasteiger partial charge in [0.05, 0.1) is 0 Å². The van der Waals surface area contributed by atoms with E-state index in [1.165, 1.54) is 32.5 Å². The molecule has 1 aliphatic carbocycles. The molecule has 0 saturated heterocycles. The molecule has 0 saturated carbocycles. The van der Waals surface area contributed by atoms with Crippen molar-refractivity contribution in [3.05, 3.63) is 139 Å². The Hall–Kier alpha value is -2.73. The minimum Gasteiger partial charge on any atom is -0.114 e. The molecule has 0 aromatic heterocycles. The number of hydrogen-bond donors (Lipinski definition) is 0. The summed E-state index contributed by atoms with van der Waals surface area (Å²) >= 11 is 0. The first-order chi connectivity index (χ1) is 14.9. The summed E-state index contributed by atoms with van der Waals surface area (Å²) in [4.78, 5) is 0. The molecule has 4 aromatic carbocycles. The lowest BCUT2D eigenvalue weighted by Crippen LogP contribution is -2.22. The van der Waals surface area contributed by atoms with E-state index in [-0.39, 0.29) is 17.0 Å². The molecule has 0 nitrogen and oxygen atoms in total. The fourth-order valence-electron chi connectivity index (χ4n) is 4.12. The third kappa shape index (κ3) is 4.64. The number of allylic oxidation sites excluding steroid dienone is 5. The fraction of sp³-hybridized carbons (Fsp3) is 0.0345. The molecule has 152 valence electrons. The zero-order valence-electron chi connectivity index (χ0n) is 17.1. The van der Waals surface area contributed by atoms with E-state index in [1.807, 2.05) is 0 Å². The first-order valence-corrected chi connectivity index (χ1v) is 11.7. The van der Waals surface area contributed by atoms with Gasteiger partial charge in [-0.25, -0.2) is 0 Å². The molecule has 0 heterocycles. The van der Waals surface area contributed by atoms with Crippen LogP contribution >= 0.6 is 24.9 Å². The molecular formula is C29H24BrP. The molecule has 1 unspecified atom stereocenters. The second kappa shape index (κ2) is 10.1. The number of rotatable bonds is 4. The van der Waals surface area contributed by atoms with E-state index in [0.717, 1.165) is 0 Å². The SMILES string of the molecule is Br.C1=CC(=Cc2cccc3ccccc23)C(P(c2ccccc2)c2ccccc2)C=C1. The number of benzene rings is 4. The summed E-state index contributed by atoms with van der Waals surface area (Å²) in [5.74, 6) is 0. The Morgan fingerprint density at radius 3 is 1.94 bits per heavy atom. The number of halogens is 1. The van der Waals surface area contributed by atoms with Crippen molar-refractivity contribution in [2.24, 2.45) is 0 Å². The van der Waals surface area contributed by atoms with Crippen molar-refractivity contribution in [1.82, 2.24) is 0 Å². The Morgan fingerprint density at radius 1 is 0.613 bits per heavy atom. The molecule has 2 heteroatoms. The maximum Gasteiger partial charge on any atom is 0.0305 e. The summed E-state index contributed by atoms with van der Waals surface area (Å²) in [6.45, 7) is 0. The van der Waals surface area contributed by atoms with E-state index in [4.69, 9.17) is 0 Å². The maximum atomic E-state index is 2.38. The number of hydrogen-bond acceptors (Lipinski definition) is 0. The number of fused-ring (bicyclic) bond motifs is 1. The summed E-state index contributed by atoms with van der Waals surface area (Å²) in [5, 5.41) is 5.41. The van der Waals surface area contributed by atoms with Crippen molar-refractivity contribution < 1.29 is 0 Å². The van der Waals surface area contributed by atoms with Gasteiger partial charge in [0.1, 0.15) is 0 Å². The Kier molecular flexibility index (Phi) is 6.97. The first kappa shape index (κ1) is 21.5. The van der Waals surface area contributed by atoms with Gasteiger partial charge in [-0.1, -0.05) is 134 Å². The van der Waals surface area contributed by atoms with Crippen LogP contribution in [-0.4, -0.2) is 5.66 Å². The van der Waals surface area contributed by atoms with E-state index in [2.05, 4.69) is 134 Å². The van der Waals surface area contributed by atoms with Crippen LogP contribution in [0.25, 0.3) is 16.8 Å². The van der Waals surface area contributed by atoms with Crippen LogP contribution in [-0.2, 0) is 0 Å². The van der Waals surface area contributed by atoms with Gasteiger partial charge in [-0.05, 0) is 40.4 Å². The van der Waals surface area contributed by atoms with Crippen molar-refractivity contribution in [1.29, 1.82) is 0 Å². The molecule has 31 heavy (non-hydrogen) atoms. The molecule has 5 rings (SSSR count). The molecule has 0 bridgehead atoms. The molecule has 0 fully saturated rings. The van der Waals surface area contributed by atoms with E-state index in [9.17, 15) is 0 Å². The normalized spacial score (nSPS) is 16.5. The quantitative estimate of drug-likeness (QED) is 0.265. The van der Waals surface area contributed by atoms with Crippen LogP contribution < -0.4 is 10.6 Å². The summed E-state index contributed by atoms with van der Waals surface area (Å²) in [5.41, 5.74) is 2.99. The maximum absolute atomic E-state index is 2.38. The van der Waals surface area contributed by atoms with Gasteiger partial charge in [0, 0.05) is 5.66 Å². The van der Waals surface area contributed by atoms with Crippen molar-refractivity contribution in [3.8, 4) is 0 Å².